The van der Waals surface area contributed by atoms with Crippen LogP contribution in [0.15, 0.2) is 41.5 Å². The topological polar surface area (TPSA) is 38.1 Å². The molecular formula is C13H16N2O. The highest BCUT2D eigenvalue weighted by atomic mass is 16.3. The summed E-state index contributed by atoms with van der Waals surface area (Å²) >= 11 is 0. The van der Waals surface area contributed by atoms with Crippen LogP contribution in [0.5, 0.6) is 0 Å². The van der Waals surface area contributed by atoms with Gasteiger partial charge in [-0.1, -0.05) is 6.92 Å². The molecule has 84 valence electrons. The van der Waals surface area contributed by atoms with Crippen molar-refractivity contribution in [2.75, 3.05) is 6.54 Å². The molecule has 2 rings (SSSR count). The van der Waals surface area contributed by atoms with Crippen LogP contribution in [0.1, 0.15) is 18.9 Å². The fourth-order valence-electron chi connectivity index (χ4n) is 1.58. The maximum atomic E-state index is 5.06. The van der Waals surface area contributed by atoms with Gasteiger partial charge in [0.2, 0.25) is 0 Å². The summed E-state index contributed by atoms with van der Waals surface area (Å²) in [6.45, 7) is 4.07. The Balaban J connectivity index is 2.08. The zero-order valence-corrected chi connectivity index (χ0v) is 9.44. The lowest BCUT2D eigenvalue weighted by Crippen LogP contribution is -2.13. The predicted molar refractivity (Wildman–Crippen MR) is 63.9 cm³/mol. The Bertz CT molecular complexity index is 423. The second-order valence-electron chi connectivity index (χ2n) is 3.77. The van der Waals surface area contributed by atoms with Gasteiger partial charge in [0.1, 0.15) is 0 Å². The maximum Gasteiger partial charge on any atom is 0.0981 e. The number of rotatable bonds is 5. The van der Waals surface area contributed by atoms with E-state index in [4.69, 9.17) is 4.42 Å². The van der Waals surface area contributed by atoms with E-state index in [-0.39, 0.29) is 0 Å². The normalized spacial score (nSPS) is 10.6. The van der Waals surface area contributed by atoms with Crippen LogP contribution in [0.25, 0.3) is 11.1 Å². The Morgan fingerprint density at radius 2 is 2.25 bits per heavy atom. The van der Waals surface area contributed by atoms with Crippen molar-refractivity contribution in [3.05, 3.63) is 42.6 Å². The number of pyridine rings is 1. The van der Waals surface area contributed by atoms with Crippen LogP contribution in [-0.4, -0.2) is 11.5 Å². The molecule has 0 aliphatic rings. The lowest BCUT2D eigenvalue weighted by Gasteiger charge is -2.04. The molecule has 0 bridgehead atoms. The molecule has 2 heterocycles. The molecule has 16 heavy (non-hydrogen) atoms. The molecule has 2 aromatic heterocycles. The number of nitrogens with one attached hydrogen (secondary N) is 1. The summed E-state index contributed by atoms with van der Waals surface area (Å²) in [7, 11) is 0. The van der Waals surface area contributed by atoms with Gasteiger partial charge in [-0.05, 0) is 30.7 Å². The first-order valence-corrected chi connectivity index (χ1v) is 5.57. The van der Waals surface area contributed by atoms with E-state index >= 15 is 0 Å². The quantitative estimate of drug-likeness (QED) is 0.781. The Morgan fingerprint density at radius 1 is 1.31 bits per heavy atom. The second kappa shape index (κ2) is 5.47. The highest BCUT2D eigenvalue weighted by Gasteiger charge is 2.00. The van der Waals surface area contributed by atoms with Crippen LogP contribution >= 0.6 is 0 Å². The van der Waals surface area contributed by atoms with E-state index in [1.54, 1.807) is 12.5 Å². The third kappa shape index (κ3) is 2.70. The summed E-state index contributed by atoms with van der Waals surface area (Å²) in [4.78, 5) is 4.24. The van der Waals surface area contributed by atoms with Crippen molar-refractivity contribution in [3.63, 3.8) is 0 Å². The lowest BCUT2D eigenvalue weighted by molar-refractivity contribution is 0.568. The van der Waals surface area contributed by atoms with Crippen LogP contribution in [0.4, 0.5) is 0 Å². The number of furan rings is 1. The summed E-state index contributed by atoms with van der Waals surface area (Å²) in [6, 6.07) is 4.08. The van der Waals surface area contributed by atoms with Gasteiger partial charge < -0.3 is 9.73 Å². The van der Waals surface area contributed by atoms with E-state index in [1.165, 1.54) is 5.56 Å². The average molecular weight is 216 g/mol. The standard InChI is InChI=1S/C13H16N2O/c1-2-4-14-7-11-6-13(9-15-8-11)12-3-5-16-10-12/h3,5-6,8-10,14H,2,4,7H2,1H3. The minimum absolute atomic E-state index is 0.868. The zero-order valence-electron chi connectivity index (χ0n) is 9.44. The minimum Gasteiger partial charge on any atom is -0.472 e. The molecule has 0 saturated carbocycles. The van der Waals surface area contributed by atoms with E-state index in [1.807, 2.05) is 18.5 Å². The molecule has 0 radical (unpaired) electrons. The first kappa shape index (κ1) is 10.9. The molecule has 0 atom stereocenters. The van der Waals surface area contributed by atoms with Gasteiger partial charge in [0.15, 0.2) is 0 Å². The molecule has 0 aliphatic heterocycles. The molecule has 3 heteroatoms. The summed E-state index contributed by atoms with van der Waals surface area (Å²) in [6.07, 6.45) is 8.31. The SMILES string of the molecule is CCCNCc1cncc(-c2ccoc2)c1. The Kier molecular flexibility index (Phi) is 3.72. The van der Waals surface area contributed by atoms with Crippen LogP contribution in [0.3, 0.4) is 0 Å². The summed E-state index contributed by atoms with van der Waals surface area (Å²) in [5, 5.41) is 3.36. The third-order valence-electron chi connectivity index (χ3n) is 2.41. The first-order valence-electron chi connectivity index (χ1n) is 5.57. The molecular weight excluding hydrogens is 200 g/mol. The van der Waals surface area contributed by atoms with E-state index < -0.39 is 0 Å². The van der Waals surface area contributed by atoms with Crippen molar-refractivity contribution < 1.29 is 4.42 Å². The first-order chi connectivity index (χ1) is 7.90. The Labute approximate surface area is 95.5 Å². The lowest BCUT2D eigenvalue weighted by atomic mass is 10.1. The fourth-order valence-corrected chi connectivity index (χ4v) is 1.58. The van der Waals surface area contributed by atoms with Crippen molar-refractivity contribution in [1.82, 2.24) is 10.3 Å². The number of hydrogen-bond donors (Lipinski definition) is 1. The van der Waals surface area contributed by atoms with Crippen molar-refractivity contribution in [2.45, 2.75) is 19.9 Å². The van der Waals surface area contributed by atoms with Crippen molar-refractivity contribution in [1.29, 1.82) is 0 Å². The molecule has 0 spiro atoms. The van der Waals surface area contributed by atoms with E-state index in [0.29, 0.717) is 0 Å². The summed E-state index contributed by atoms with van der Waals surface area (Å²) in [5.41, 5.74) is 3.38. The van der Waals surface area contributed by atoms with Crippen LogP contribution in [0.2, 0.25) is 0 Å². The largest absolute Gasteiger partial charge is 0.472 e. The number of nitrogens with zero attached hydrogens (tertiary/aromatic N) is 1. The van der Waals surface area contributed by atoms with Crippen LogP contribution in [-0.2, 0) is 6.54 Å². The van der Waals surface area contributed by atoms with Gasteiger partial charge in [0, 0.05) is 30.1 Å². The molecule has 0 saturated heterocycles. The molecule has 2 aromatic rings. The molecule has 0 aromatic carbocycles. The van der Waals surface area contributed by atoms with Crippen molar-refractivity contribution >= 4 is 0 Å². The van der Waals surface area contributed by atoms with E-state index in [9.17, 15) is 0 Å². The zero-order chi connectivity index (χ0) is 11.2. The average Bonchev–Trinajstić information content (AvgIpc) is 2.83. The predicted octanol–water partition coefficient (Wildman–Crippen LogP) is 2.84. The van der Waals surface area contributed by atoms with E-state index in [2.05, 4.69) is 23.3 Å². The third-order valence-corrected chi connectivity index (χ3v) is 2.41. The highest BCUT2D eigenvalue weighted by molar-refractivity contribution is 5.61. The summed E-state index contributed by atoms with van der Waals surface area (Å²) < 4.78 is 5.06. The van der Waals surface area contributed by atoms with Crippen molar-refractivity contribution in [3.8, 4) is 11.1 Å². The van der Waals surface area contributed by atoms with E-state index in [0.717, 1.165) is 30.6 Å². The van der Waals surface area contributed by atoms with Gasteiger partial charge in [-0.25, -0.2) is 0 Å². The van der Waals surface area contributed by atoms with Crippen LogP contribution < -0.4 is 5.32 Å². The monoisotopic (exact) mass is 216 g/mol. The van der Waals surface area contributed by atoms with Gasteiger partial charge in [0.25, 0.3) is 0 Å². The van der Waals surface area contributed by atoms with Gasteiger partial charge >= 0.3 is 0 Å². The van der Waals surface area contributed by atoms with Crippen molar-refractivity contribution in [2.24, 2.45) is 0 Å². The number of aromatic nitrogens is 1. The molecule has 3 nitrogen and oxygen atoms in total. The summed E-state index contributed by atoms with van der Waals surface area (Å²) in [5.74, 6) is 0. The second-order valence-corrected chi connectivity index (χ2v) is 3.77. The molecule has 0 fully saturated rings. The van der Waals surface area contributed by atoms with Gasteiger partial charge in [0.05, 0.1) is 12.5 Å². The van der Waals surface area contributed by atoms with Gasteiger partial charge in [-0.15, -0.1) is 0 Å². The van der Waals surface area contributed by atoms with Gasteiger partial charge in [-0.2, -0.15) is 0 Å². The molecule has 0 unspecified atom stereocenters. The fraction of sp³-hybridized carbons (Fsp3) is 0.308. The minimum atomic E-state index is 0.868. The van der Waals surface area contributed by atoms with Gasteiger partial charge in [-0.3, -0.25) is 4.98 Å². The molecule has 0 amide bonds. The molecule has 0 aliphatic carbocycles. The maximum absolute atomic E-state index is 5.06. The highest BCUT2D eigenvalue weighted by Crippen LogP contribution is 2.19. The Hall–Kier alpha value is -1.61. The Morgan fingerprint density at radius 3 is 3.00 bits per heavy atom. The number of hydrogen-bond acceptors (Lipinski definition) is 3. The van der Waals surface area contributed by atoms with Crippen LogP contribution in [0, 0.1) is 0 Å². The smallest absolute Gasteiger partial charge is 0.0981 e. The molecule has 1 N–H and O–H groups in total.